The van der Waals surface area contributed by atoms with E-state index in [9.17, 15) is 0 Å². The van der Waals surface area contributed by atoms with E-state index in [0.717, 1.165) is 6.54 Å². The number of aryl methyl sites for hydroxylation is 1. The predicted octanol–water partition coefficient (Wildman–Crippen LogP) is 2.67. The monoisotopic (exact) mass is 230 g/mol. The zero-order chi connectivity index (χ0) is 11.7. The van der Waals surface area contributed by atoms with Crippen molar-refractivity contribution < 1.29 is 0 Å². The maximum Gasteiger partial charge on any atom is 0.0404 e. The molecule has 0 saturated carbocycles. The minimum atomic E-state index is 0.593. The van der Waals surface area contributed by atoms with Crippen LogP contribution >= 0.6 is 0 Å². The Kier molecular flexibility index (Phi) is 3.06. The summed E-state index contributed by atoms with van der Waals surface area (Å²) in [6.45, 7) is 3.26. The maximum atomic E-state index is 5.97. The Bertz CT molecular complexity index is 394. The van der Waals surface area contributed by atoms with Gasteiger partial charge in [-0.15, -0.1) is 0 Å². The number of hydrogen-bond donors (Lipinski definition) is 1. The molecule has 92 valence electrons. The molecule has 1 saturated heterocycles. The summed E-state index contributed by atoms with van der Waals surface area (Å²) in [5.74, 6) is 0.593. The number of anilines is 1. The average Bonchev–Trinajstić information content (AvgIpc) is 2.91. The minimum Gasteiger partial charge on any atom is -0.371 e. The summed E-state index contributed by atoms with van der Waals surface area (Å²) in [6, 6.07) is 6.83. The van der Waals surface area contributed by atoms with Crippen molar-refractivity contribution >= 4 is 5.69 Å². The van der Waals surface area contributed by atoms with E-state index in [1.54, 1.807) is 11.1 Å². The number of nitrogens with zero attached hydrogens (tertiary/aromatic N) is 1. The summed E-state index contributed by atoms with van der Waals surface area (Å²) in [5, 5.41) is 0. The summed E-state index contributed by atoms with van der Waals surface area (Å²) in [4.78, 5) is 2.56. The van der Waals surface area contributed by atoms with Crippen molar-refractivity contribution in [2.24, 2.45) is 5.73 Å². The van der Waals surface area contributed by atoms with Crippen molar-refractivity contribution in [3.05, 3.63) is 29.3 Å². The molecule has 1 aromatic rings. The van der Waals surface area contributed by atoms with E-state index in [1.165, 1.54) is 50.9 Å². The Labute approximate surface area is 104 Å². The average molecular weight is 230 g/mol. The second-order valence-corrected chi connectivity index (χ2v) is 5.37. The standard InChI is InChI=1S/C15H22N2/c16-11-13-7-3-5-12-6-4-8-14(15(12)13)17-9-1-2-10-17/h4,6,8,13H,1-3,5,7,9-11,16H2. The van der Waals surface area contributed by atoms with Gasteiger partial charge in [0.15, 0.2) is 0 Å². The van der Waals surface area contributed by atoms with Crippen molar-refractivity contribution in [3.63, 3.8) is 0 Å². The van der Waals surface area contributed by atoms with E-state index in [2.05, 4.69) is 23.1 Å². The fourth-order valence-electron chi connectivity index (χ4n) is 3.44. The normalized spacial score (nSPS) is 23.8. The van der Waals surface area contributed by atoms with Gasteiger partial charge in [0.25, 0.3) is 0 Å². The fraction of sp³-hybridized carbons (Fsp3) is 0.600. The van der Waals surface area contributed by atoms with E-state index in [-0.39, 0.29) is 0 Å². The van der Waals surface area contributed by atoms with Gasteiger partial charge in [-0.1, -0.05) is 12.1 Å². The summed E-state index contributed by atoms with van der Waals surface area (Å²) >= 11 is 0. The van der Waals surface area contributed by atoms with Crippen LogP contribution in [-0.4, -0.2) is 19.6 Å². The lowest BCUT2D eigenvalue weighted by Gasteiger charge is -2.31. The smallest absolute Gasteiger partial charge is 0.0404 e. The van der Waals surface area contributed by atoms with Gasteiger partial charge in [-0.05, 0) is 61.8 Å². The SMILES string of the molecule is NCC1CCCc2cccc(N3CCCC3)c21. The summed E-state index contributed by atoms with van der Waals surface area (Å²) in [5.41, 5.74) is 10.6. The Morgan fingerprint density at radius 3 is 2.76 bits per heavy atom. The number of hydrogen-bond acceptors (Lipinski definition) is 2. The van der Waals surface area contributed by atoms with Crippen LogP contribution in [0.1, 0.15) is 42.7 Å². The van der Waals surface area contributed by atoms with E-state index >= 15 is 0 Å². The van der Waals surface area contributed by atoms with Crippen molar-refractivity contribution in [2.75, 3.05) is 24.5 Å². The van der Waals surface area contributed by atoms with Gasteiger partial charge in [0.2, 0.25) is 0 Å². The molecule has 3 rings (SSSR count). The molecule has 0 aromatic heterocycles. The zero-order valence-corrected chi connectivity index (χ0v) is 10.5. The first-order valence-corrected chi connectivity index (χ1v) is 6.97. The molecule has 1 aliphatic carbocycles. The number of nitrogens with two attached hydrogens (primary N) is 1. The van der Waals surface area contributed by atoms with Gasteiger partial charge in [-0.2, -0.15) is 0 Å². The van der Waals surface area contributed by atoms with Crippen LogP contribution in [0.2, 0.25) is 0 Å². The number of fused-ring (bicyclic) bond motifs is 1. The predicted molar refractivity (Wildman–Crippen MR) is 72.6 cm³/mol. The highest BCUT2D eigenvalue weighted by atomic mass is 15.1. The van der Waals surface area contributed by atoms with Gasteiger partial charge in [-0.25, -0.2) is 0 Å². The molecule has 1 heterocycles. The molecule has 1 aromatic carbocycles. The molecule has 0 spiro atoms. The second-order valence-electron chi connectivity index (χ2n) is 5.37. The molecule has 0 radical (unpaired) electrons. The highest BCUT2D eigenvalue weighted by molar-refractivity contribution is 5.59. The molecule has 0 amide bonds. The third kappa shape index (κ3) is 1.95. The molecule has 1 fully saturated rings. The molecular formula is C15H22N2. The summed E-state index contributed by atoms with van der Waals surface area (Å²) in [6.07, 6.45) is 6.51. The highest BCUT2D eigenvalue weighted by Gasteiger charge is 2.25. The fourth-order valence-corrected chi connectivity index (χ4v) is 3.44. The number of rotatable bonds is 2. The van der Waals surface area contributed by atoms with Gasteiger partial charge < -0.3 is 10.6 Å². The molecule has 1 aliphatic heterocycles. The van der Waals surface area contributed by atoms with Crippen LogP contribution in [0, 0.1) is 0 Å². The van der Waals surface area contributed by atoms with Gasteiger partial charge >= 0.3 is 0 Å². The van der Waals surface area contributed by atoms with Crippen LogP contribution in [-0.2, 0) is 6.42 Å². The van der Waals surface area contributed by atoms with Crippen LogP contribution in [0.3, 0.4) is 0 Å². The maximum absolute atomic E-state index is 5.97. The lowest BCUT2D eigenvalue weighted by atomic mass is 9.81. The molecule has 2 aliphatic rings. The van der Waals surface area contributed by atoms with Gasteiger partial charge in [0.05, 0.1) is 0 Å². The third-order valence-electron chi connectivity index (χ3n) is 4.31. The lowest BCUT2D eigenvalue weighted by Crippen LogP contribution is -2.25. The molecule has 1 unspecified atom stereocenters. The van der Waals surface area contributed by atoms with Crippen LogP contribution in [0.5, 0.6) is 0 Å². The van der Waals surface area contributed by atoms with E-state index in [0.29, 0.717) is 5.92 Å². The quantitative estimate of drug-likeness (QED) is 0.846. The van der Waals surface area contributed by atoms with Gasteiger partial charge in [-0.3, -0.25) is 0 Å². The van der Waals surface area contributed by atoms with Gasteiger partial charge in [0.1, 0.15) is 0 Å². The van der Waals surface area contributed by atoms with Crippen molar-refractivity contribution in [2.45, 2.75) is 38.0 Å². The largest absolute Gasteiger partial charge is 0.371 e. The third-order valence-corrected chi connectivity index (χ3v) is 4.31. The first-order chi connectivity index (χ1) is 8.40. The van der Waals surface area contributed by atoms with Crippen molar-refractivity contribution in [1.82, 2.24) is 0 Å². The Balaban J connectivity index is 2.02. The second kappa shape index (κ2) is 4.69. The Morgan fingerprint density at radius 1 is 1.18 bits per heavy atom. The van der Waals surface area contributed by atoms with E-state index < -0.39 is 0 Å². The number of benzene rings is 1. The van der Waals surface area contributed by atoms with E-state index in [1.807, 2.05) is 0 Å². The zero-order valence-electron chi connectivity index (χ0n) is 10.5. The summed E-state index contributed by atoms with van der Waals surface area (Å²) in [7, 11) is 0. The molecule has 1 atom stereocenters. The Morgan fingerprint density at radius 2 is 2.00 bits per heavy atom. The molecule has 0 bridgehead atoms. The van der Waals surface area contributed by atoms with E-state index in [4.69, 9.17) is 5.73 Å². The Hall–Kier alpha value is -1.02. The molecule has 2 heteroatoms. The van der Waals surface area contributed by atoms with Gasteiger partial charge in [0, 0.05) is 18.8 Å². The molecule has 2 N–H and O–H groups in total. The summed E-state index contributed by atoms with van der Waals surface area (Å²) < 4.78 is 0. The first kappa shape index (κ1) is 11.1. The van der Waals surface area contributed by atoms with Crippen molar-refractivity contribution in [3.8, 4) is 0 Å². The van der Waals surface area contributed by atoms with Crippen LogP contribution in [0.25, 0.3) is 0 Å². The van der Waals surface area contributed by atoms with Crippen molar-refractivity contribution in [1.29, 1.82) is 0 Å². The van der Waals surface area contributed by atoms with Crippen LogP contribution in [0.15, 0.2) is 18.2 Å². The first-order valence-electron chi connectivity index (χ1n) is 6.97. The van der Waals surface area contributed by atoms with Crippen LogP contribution < -0.4 is 10.6 Å². The highest BCUT2D eigenvalue weighted by Crippen LogP contribution is 2.38. The molecule has 2 nitrogen and oxygen atoms in total. The minimum absolute atomic E-state index is 0.593. The topological polar surface area (TPSA) is 29.3 Å². The van der Waals surface area contributed by atoms with Crippen LogP contribution in [0.4, 0.5) is 5.69 Å². The lowest BCUT2D eigenvalue weighted by molar-refractivity contribution is 0.560. The molecular weight excluding hydrogens is 208 g/mol. The molecule has 17 heavy (non-hydrogen) atoms.